The lowest BCUT2D eigenvalue weighted by Crippen LogP contribution is -2.32. The van der Waals surface area contributed by atoms with Crippen molar-refractivity contribution in [1.29, 1.82) is 0 Å². The molecule has 0 spiro atoms. The number of carbonyl (C=O) groups excluding carboxylic acids is 1. The Hall–Kier alpha value is -1.65. The predicted molar refractivity (Wildman–Crippen MR) is 93.9 cm³/mol. The summed E-state index contributed by atoms with van der Waals surface area (Å²) in [5.41, 5.74) is 1.48. The topological polar surface area (TPSA) is 58.1 Å². The summed E-state index contributed by atoms with van der Waals surface area (Å²) in [6, 6.07) is 0.466. The molecule has 1 saturated carbocycles. The van der Waals surface area contributed by atoms with E-state index in [0.29, 0.717) is 30.6 Å². The van der Waals surface area contributed by atoms with Crippen LogP contribution in [0.3, 0.4) is 0 Å². The maximum atomic E-state index is 12.7. The molecule has 1 N–H and O–H groups in total. The zero-order chi connectivity index (χ0) is 16.8. The minimum absolute atomic E-state index is 0.0305. The van der Waals surface area contributed by atoms with Crippen molar-refractivity contribution in [2.75, 3.05) is 18.4 Å². The lowest BCUT2D eigenvalue weighted by Gasteiger charge is -2.24. The second-order valence-corrected chi connectivity index (χ2v) is 6.60. The second kappa shape index (κ2) is 8.27. The summed E-state index contributed by atoms with van der Waals surface area (Å²) in [5.74, 6) is 0.888. The molecule has 0 aromatic carbocycles. The number of aromatic nitrogens is 2. The fourth-order valence-electron chi connectivity index (χ4n) is 3.18. The quantitative estimate of drug-likeness (QED) is 0.866. The Kier molecular flexibility index (Phi) is 6.37. The smallest absolute Gasteiger partial charge is 0.257 e. The highest BCUT2D eigenvalue weighted by molar-refractivity contribution is 5.95. The molecule has 5 nitrogen and oxygen atoms in total. The van der Waals surface area contributed by atoms with Crippen molar-refractivity contribution < 1.29 is 4.79 Å². The zero-order valence-electron chi connectivity index (χ0n) is 14.9. The lowest BCUT2D eigenvalue weighted by molar-refractivity contribution is 0.0770. The van der Waals surface area contributed by atoms with Gasteiger partial charge in [-0.25, -0.2) is 9.97 Å². The third-order valence-corrected chi connectivity index (χ3v) is 4.58. The van der Waals surface area contributed by atoms with E-state index in [1.165, 1.54) is 32.1 Å². The third-order valence-electron chi connectivity index (χ3n) is 4.58. The Morgan fingerprint density at radius 3 is 2.48 bits per heavy atom. The van der Waals surface area contributed by atoms with E-state index in [2.05, 4.69) is 29.1 Å². The van der Waals surface area contributed by atoms with Crippen molar-refractivity contribution in [2.24, 2.45) is 0 Å². The van der Waals surface area contributed by atoms with Crippen LogP contribution in [-0.2, 0) is 0 Å². The average molecular weight is 318 g/mol. The fourth-order valence-corrected chi connectivity index (χ4v) is 3.18. The summed E-state index contributed by atoms with van der Waals surface area (Å²) < 4.78 is 0. The fraction of sp³-hybridized carbons (Fsp3) is 0.722. The molecular formula is C18H30N4O. The van der Waals surface area contributed by atoms with Crippen LogP contribution in [0.25, 0.3) is 0 Å². The molecule has 1 heterocycles. The highest BCUT2D eigenvalue weighted by atomic mass is 16.2. The first-order chi connectivity index (χ1) is 11.1. The number of hydrogen-bond acceptors (Lipinski definition) is 4. The number of rotatable bonds is 6. The third kappa shape index (κ3) is 4.43. The van der Waals surface area contributed by atoms with E-state index in [1.54, 1.807) is 6.20 Å². The van der Waals surface area contributed by atoms with Gasteiger partial charge in [0.2, 0.25) is 5.95 Å². The number of carbonyl (C=O) groups is 1. The van der Waals surface area contributed by atoms with Crippen LogP contribution in [-0.4, -0.2) is 39.9 Å². The van der Waals surface area contributed by atoms with Gasteiger partial charge in [0.15, 0.2) is 0 Å². The number of anilines is 1. The maximum absolute atomic E-state index is 12.7. The molecule has 1 aliphatic carbocycles. The Morgan fingerprint density at radius 2 is 1.91 bits per heavy atom. The lowest BCUT2D eigenvalue weighted by atomic mass is 9.96. The van der Waals surface area contributed by atoms with E-state index in [4.69, 9.17) is 0 Å². The summed E-state index contributed by atoms with van der Waals surface area (Å²) in [6.07, 6.45) is 7.93. The van der Waals surface area contributed by atoms with Gasteiger partial charge >= 0.3 is 0 Å². The van der Waals surface area contributed by atoms with Crippen molar-refractivity contribution in [3.63, 3.8) is 0 Å². The van der Waals surface area contributed by atoms with Gasteiger partial charge in [0.1, 0.15) is 0 Å². The molecule has 5 heteroatoms. The number of amides is 1. The van der Waals surface area contributed by atoms with Crippen molar-refractivity contribution in [1.82, 2.24) is 14.9 Å². The van der Waals surface area contributed by atoms with Crippen LogP contribution in [0.15, 0.2) is 6.20 Å². The number of hydrogen-bond donors (Lipinski definition) is 1. The Bertz CT molecular complexity index is 520. The first-order valence-corrected chi connectivity index (χ1v) is 8.99. The van der Waals surface area contributed by atoms with E-state index in [-0.39, 0.29) is 11.8 Å². The summed E-state index contributed by atoms with van der Waals surface area (Å²) in [6.45, 7) is 9.55. The van der Waals surface area contributed by atoms with Gasteiger partial charge in [-0.05, 0) is 32.6 Å². The highest BCUT2D eigenvalue weighted by Crippen LogP contribution is 2.23. The Labute approximate surface area is 139 Å². The summed E-state index contributed by atoms with van der Waals surface area (Å²) in [7, 11) is 0. The molecule has 0 aliphatic heterocycles. The molecule has 23 heavy (non-hydrogen) atoms. The van der Waals surface area contributed by atoms with E-state index < -0.39 is 0 Å². The van der Waals surface area contributed by atoms with E-state index >= 15 is 0 Å². The second-order valence-electron chi connectivity index (χ2n) is 6.60. The first kappa shape index (κ1) is 17.7. The van der Waals surface area contributed by atoms with Crippen LogP contribution in [0.4, 0.5) is 5.95 Å². The SMILES string of the molecule is CCN(CC)C(=O)c1cnc(NC2CCCCC2)nc1C(C)C. The molecule has 0 unspecified atom stereocenters. The van der Waals surface area contributed by atoms with Crippen molar-refractivity contribution in [3.05, 3.63) is 17.5 Å². The molecular weight excluding hydrogens is 288 g/mol. The van der Waals surface area contributed by atoms with Crippen LogP contribution in [0.5, 0.6) is 0 Å². The van der Waals surface area contributed by atoms with Gasteiger partial charge in [-0.15, -0.1) is 0 Å². The minimum atomic E-state index is 0.0305. The van der Waals surface area contributed by atoms with Gasteiger partial charge in [0.25, 0.3) is 5.91 Å². The van der Waals surface area contributed by atoms with Crippen molar-refractivity contribution in [2.45, 2.75) is 71.8 Å². The van der Waals surface area contributed by atoms with E-state index in [0.717, 1.165) is 5.69 Å². The first-order valence-electron chi connectivity index (χ1n) is 8.99. The van der Waals surface area contributed by atoms with Crippen LogP contribution in [0, 0.1) is 0 Å². The molecule has 1 aromatic rings. The number of nitrogens with one attached hydrogen (secondary N) is 1. The largest absolute Gasteiger partial charge is 0.351 e. The van der Waals surface area contributed by atoms with Crippen LogP contribution < -0.4 is 5.32 Å². The monoisotopic (exact) mass is 318 g/mol. The Morgan fingerprint density at radius 1 is 1.26 bits per heavy atom. The summed E-state index contributed by atoms with van der Waals surface area (Å²) in [4.78, 5) is 23.6. The molecule has 1 fully saturated rings. The van der Waals surface area contributed by atoms with Crippen LogP contribution in [0.2, 0.25) is 0 Å². The summed E-state index contributed by atoms with van der Waals surface area (Å²) in [5, 5.41) is 3.45. The standard InChI is InChI=1S/C18H30N4O/c1-5-22(6-2)17(23)15-12-19-18(21-16(15)13(3)4)20-14-10-8-7-9-11-14/h12-14H,5-11H2,1-4H3,(H,19,20,21). The Balaban J connectivity index is 2.22. The molecule has 0 bridgehead atoms. The molecule has 0 radical (unpaired) electrons. The molecule has 0 saturated heterocycles. The van der Waals surface area contributed by atoms with E-state index in [9.17, 15) is 4.79 Å². The van der Waals surface area contributed by atoms with Gasteiger partial charge in [-0.1, -0.05) is 33.1 Å². The highest BCUT2D eigenvalue weighted by Gasteiger charge is 2.21. The van der Waals surface area contributed by atoms with E-state index in [1.807, 2.05) is 18.7 Å². The normalized spacial score (nSPS) is 15.7. The molecule has 1 amide bonds. The van der Waals surface area contributed by atoms with Gasteiger partial charge in [-0.3, -0.25) is 4.79 Å². The van der Waals surface area contributed by atoms with Crippen LogP contribution in [0.1, 0.15) is 81.8 Å². The van der Waals surface area contributed by atoms with Gasteiger partial charge in [0.05, 0.1) is 11.3 Å². The van der Waals surface area contributed by atoms with Gasteiger partial charge < -0.3 is 10.2 Å². The average Bonchev–Trinajstić information content (AvgIpc) is 2.56. The predicted octanol–water partition coefficient (Wildman–Crippen LogP) is 3.83. The van der Waals surface area contributed by atoms with Crippen molar-refractivity contribution in [3.8, 4) is 0 Å². The maximum Gasteiger partial charge on any atom is 0.257 e. The zero-order valence-corrected chi connectivity index (χ0v) is 14.9. The van der Waals surface area contributed by atoms with Gasteiger partial charge in [-0.2, -0.15) is 0 Å². The van der Waals surface area contributed by atoms with Crippen LogP contribution >= 0.6 is 0 Å². The molecule has 128 valence electrons. The molecule has 1 aromatic heterocycles. The van der Waals surface area contributed by atoms with Gasteiger partial charge in [0, 0.05) is 25.3 Å². The molecule has 1 aliphatic rings. The number of nitrogens with zero attached hydrogens (tertiary/aromatic N) is 3. The molecule has 0 atom stereocenters. The summed E-state index contributed by atoms with van der Waals surface area (Å²) >= 11 is 0. The minimum Gasteiger partial charge on any atom is -0.351 e. The van der Waals surface area contributed by atoms with Crippen molar-refractivity contribution >= 4 is 11.9 Å². The molecule has 2 rings (SSSR count).